The third-order valence-corrected chi connectivity index (χ3v) is 11.0. The smallest absolute Gasteiger partial charge is 0.324 e. The highest BCUT2D eigenvalue weighted by Gasteiger charge is 2.24. The van der Waals surface area contributed by atoms with Gasteiger partial charge in [-0.2, -0.15) is 0 Å². The highest BCUT2D eigenvalue weighted by Crippen LogP contribution is 2.22. The van der Waals surface area contributed by atoms with Crippen molar-refractivity contribution in [1.82, 2.24) is 0 Å². The topological polar surface area (TPSA) is 156 Å². The molecule has 0 rings (SSSR count). The van der Waals surface area contributed by atoms with Crippen molar-refractivity contribution in [2.45, 2.75) is 204 Å². The van der Waals surface area contributed by atoms with E-state index >= 15 is 0 Å². The second-order valence-electron chi connectivity index (χ2n) is 15.0. The number of aliphatic hydroxyl groups excluding tert-OH is 2. The lowest BCUT2D eigenvalue weighted by Crippen LogP contribution is -2.40. The van der Waals surface area contributed by atoms with Crippen LogP contribution in [0.25, 0.3) is 0 Å². The fraction of sp³-hybridized carbons (Fsp3) is 0.761. The SMILES string of the molecule is CCCCC/C=C\C\C=C/C=C/C=C/[C@@H](SC[C@H](N)C(=O)O[C@@H](CO)COC(=O)CCCCCCCCCCCCCCCCCCC)[C@@H](O)CCCC(=O)O. The van der Waals surface area contributed by atoms with Gasteiger partial charge in [-0.1, -0.05) is 178 Å². The molecule has 0 radical (unpaired) electrons. The molecule has 5 N–H and O–H groups in total. The lowest BCUT2D eigenvalue weighted by molar-refractivity contribution is -0.162. The number of esters is 2. The van der Waals surface area contributed by atoms with Gasteiger partial charge >= 0.3 is 17.9 Å². The van der Waals surface area contributed by atoms with Gasteiger partial charge in [-0.05, 0) is 38.5 Å². The van der Waals surface area contributed by atoms with Gasteiger partial charge in [-0.15, -0.1) is 11.8 Å². The Labute approximate surface area is 345 Å². The van der Waals surface area contributed by atoms with E-state index in [-0.39, 0.29) is 37.6 Å². The van der Waals surface area contributed by atoms with Gasteiger partial charge in [-0.3, -0.25) is 14.4 Å². The molecule has 0 spiro atoms. The maximum absolute atomic E-state index is 12.7. The van der Waals surface area contributed by atoms with Crippen LogP contribution in [0.2, 0.25) is 0 Å². The first-order valence-corrected chi connectivity index (χ1v) is 23.2. The number of ether oxygens (including phenoxy) is 2. The van der Waals surface area contributed by atoms with Gasteiger partial charge in [0.25, 0.3) is 0 Å². The molecule has 0 aromatic heterocycles. The highest BCUT2D eigenvalue weighted by molar-refractivity contribution is 8.00. The Balaban J connectivity index is 4.39. The maximum atomic E-state index is 12.7. The lowest BCUT2D eigenvalue weighted by atomic mass is 10.0. The van der Waals surface area contributed by atoms with Crippen molar-refractivity contribution in [3.63, 3.8) is 0 Å². The van der Waals surface area contributed by atoms with E-state index in [4.69, 9.17) is 20.3 Å². The van der Waals surface area contributed by atoms with Crippen molar-refractivity contribution in [3.05, 3.63) is 48.6 Å². The Morgan fingerprint density at radius 3 is 1.80 bits per heavy atom. The molecule has 56 heavy (non-hydrogen) atoms. The molecule has 0 saturated carbocycles. The Morgan fingerprint density at radius 2 is 1.23 bits per heavy atom. The van der Waals surface area contributed by atoms with E-state index in [1.165, 1.54) is 121 Å². The Bertz CT molecular complexity index is 1060. The second kappa shape index (κ2) is 40.8. The van der Waals surface area contributed by atoms with E-state index in [1.54, 1.807) is 0 Å². The van der Waals surface area contributed by atoms with E-state index in [1.807, 2.05) is 30.4 Å². The predicted octanol–water partition coefficient (Wildman–Crippen LogP) is 10.7. The average Bonchev–Trinajstić information content (AvgIpc) is 3.18. The first kappa shape index (κ1) is 53.6. The zero-order valence-corrected chi connectivity index (χ0v) is 36.1. The number of carbonyl (C=O) groups excluding carboxylic acids is 2. The number of nitrogens with two attached hydrogens (primary N) is 1. The number of carbonyl (C=O) groups is 3. The third-order valence-electron chi connectivity index (χ3n) is 9.63. The summed E-state index contributed by atoms with van der Waals surface area (Å²) in [5.74, 6) is -1.93. The summed E-state index contributed by atoms with van der Waals surface area (Å²) in [4.78, 5) is 36.0. The number of carboxylic acid groups (broad SMARTS) is 1. The van der Waals surface area contributed by atoms with Crippen LogP contribution in [0.15, 0.2) is 48.6 Å². The Morgan fingerprint density at radius 1 is 0.679 bits per heavy atom. The molecule has 0 aliphatic carbocycles. The van der Waals surface area contributed by atoms with Crippen molar-refractivity contribution >= 4 is 29.7 Å². The molecule has 9 nitrogen and oxygen atoms in total. The van der Waals surface area contributed by atoms with Crippen molar-refractivity contribution in [3.8, 4) is 0 Å². The summed E-state index contributed by atoms with van der Waals surface area (Å²) in [7, 11) is 0. The quantitative estimate of drug-likeness (QED) is 0.0203. The predicted molar refractivity (Wildman–Crippen MR) is 234 cm³/mol. The molecule has 0 aromatic carbocycles. The molecule has 0 aromatic rings. The zero-order chi connectivity index (χ0) is 41.3. The fourth-order valence-corrected chi connectivity index (χ4v) is 7.22. The third kappa shape index (κ3) is 36.0. The van der Waals surface area contributed by atoms with Crippen molar-refractivity contribution in [2.24, 2.45) is 5.73 Å². The van der Waals surface area contributed by atoms with Gasteiger partial charge in [0.05, 0.1) is 12.7 Å². The van der Waals surface area contributed by atoms with Crippen LogP contribution in [0.3, 0.4) is 0 Å². The molecule has 0 bridgehead atoms. The van der Waals surface area contributed by atoms with Crippen LogP contribution < -0.4 is 5.73 Å². The van der Waals surface area contributed by atoms with Crippen LogP contribution in [0.1, 0.15) is 181 Å². The average molecular weight is 808 g/mol. The molecule has 324 valence electrons. The number of carboxylic acids is 1. The van der Waals surface area contributed by atoms with Crippen LogP contribution in [0, 0.1) is 0 Å². The normalized spacial score (nSPS) is 14.2. The van der Waals surface area contributed by atoms with Gasteiger partial charge in [0, 0.05) is 23.8 Å². The molecule has 0 amide bonds. The molecule has 0 aliphatic heterocycles. The summed E-state index contributed by atoms with van der Waals surface area (Å²) < 4.78 is 10.6. The number of hydrogen-bond donors (Lipinski definition) is 4. The first-order valence-electron chi connectivity index (χ1n) is 22.1. The molecule has 0 saturated heterocycles. The Hall–Kier alpha value is -2.40. The summed E-state index contributed by atoms with van der Waals surface area (Å²) in [6.45, 7) is 3.70. The minimum Gasteiger partial charge on any atom is -0.481 e. The van der Waals surface area contributed by atoms with Crippen molar-refractivity contribution < 1.29 is 39.2 Å². The van der Waals surface area contributed by atoms with Crippen molar-refractivity contribution in [2.75, 3.05) is 19.0 Å². The number of unbranched alkanes of at least 4 members (excludes halogenated alkanes) is 19. The number of thioether (sulfide) groups is 1. The van der Waals surface area contributed by atoms with Crippen LogP contribution in [-0.4, -0.2) is 75.7 Å². The monoisotopic (exact) mass is 808 g/mol. The minimum atomic E-state index is -1.05. The maximum Gasteiger partial charge on any atom is 0.324 e. The molecule has 0 fully saturated rings. The van der Waals surface area contributed by atoms with Crippen LogP contribution >= 0.6 is 11.8 Å². The largest absolute Gasteiger partial charge is 0.481 e. The standard InChI is InChI=1S/C46H81NO8S/c1-3-5-7-9-11-13-15-17-18-19-20-21-23-25-27-29-31-36-45(52)54-38-40(37-48)55-46(53)41(47)39-56-43(42(49)33-32-35-44(50)51)34-30-28-26-24-22-16-14-12-10-8-6-4-2/h12,14,22,24,26,28,30,34,40-43,48-49H,3-11,13,15-21,23,25,27,29,31-33,35-39,47H2,1-2H3,(H,50,51)/b14-12-,24-22-,28-26+,34-30+/t40-,41-,42-,43+/m0/s1. The van der Waals surface area contributed by atoms with E-state index in [0.29, 0.717) is 6.42 Å². The highest BCUT2D eigenvalue weighted by atomic mass is 32.2. The van der Waals surface area contributed by atoms with E-state index in [0.717, 1.165) is 32.1 Å². The second-order valence-corrected chi connectivity index (χ2v) is 16.2. The summed E-state index contributed by atoms with van der Waals surface area (Å²) >= 11 is 1.27. The van der Waals surface area contributed by atoms with Gasteiger partial charge < -0.3 is 30.5 Å². The summed E-state index contributed by atoms with van der Waals surface area (Å²) in [5, 5.41) is 29.1. The summed E-state index contributed by atoms with van der Waals surface area (Å²) in [6, 6.07) is -1.05. The minimum absolute atomic E-state index is 0.0472. The number of hydrogen-bond acceptors (Lipinski definition) is 9. The lowest BCUT2D eigenvalue weighted by Gasteiger charge is -2.22. The van der Waals surface area contributed by atoms with E-state index < -0.39 is 42.0 Å². The number of aliphatic carboxylic acids is 1. The number of aliphatic hydroxyl groups is 2. The van der Waals surface area contributed by atoms with Gasteiger partial charge in [-0.25, -0.2) is 0 Å². The van der Waals surface area contributed by atoms with E-state index in [9.17, 15) is 24.6 Å². The zero-order valence-electron chi connectivity index (χ0n) is 35.3. The number of allylic oxidation sites excluding steroid dienone is 7. The molecular weight excluding hydrogens is 727 g/mol. The molecular formula is C46H81NO8S. The van der Waals surface area contributed by atoms with Gasteiger partial charge in [0.2, 0.25) is 0 Å². The molecule has 0 aliphatic rings. The van der Waals surface area contributed by atoms with Crippen molar-refractivity contribution in [1.29, 1.82) is 0 Å². The summed E-state index contributed by atoms with van der Waals surface area (Å²) in [5.41, 5.74) is 6.11. The number of rotatable bonds is 40. The van der Waals surface area contributed by atoms with Gasteiger partial charge in [0.1, 0.15) is 12.6 Å². The summed E-state index contributed by atoms with van der Waals surface area (Å²) in [6.07, 6.45) is 41.9. The Kier molecular flexibility index (Phi) is 39.0. The molecule has 10 heteroatoms. The van der Waals surface area contributed by atoms with Crippen LogP contribution in [0.5, 0.6) is 0 Å². The first-order chi connectivity index (χ1) is 27.2. The molecule has 0 unspecified atom stereocenters. The van der Waals surface area contributed by atoms with Crippen LogP contribution in [-0.2, 0) is 23.9 Å². The van der Waals surface area contributed by atoms with Gasteiger partial charge in [0.15, 0.2) is 6.10 Å². The van der Waals surface area contributed by atoms with Crippen LogP contribution in [0.4, 0.5) is 0 Å². The molecule has 4 atom stereocenters. The van der Waals surface area contributed by atoms with E-state index in [2.05, 4.69) is 32.1 Å². The fourth-order valence-electron chi connectivity index (χ4n) is 6.10. The molecule has 0 heterocycles.